The number of carbonyl (C=O) groups excluding carboxylic acids is 1. The molecule has 0 bridgehead atoms. The lowest BCUT2D eigenvalue weighted by Crippen LogP contribution is -2.31. The Morgan fingerprint density at radius 3 is 2.38 bits per heavy atom. The van der Waals surface area contributed by atoms with Gasteiger partial charge < -0.3 is 14.1 Å². The van der Waals surface area contributed by atoms with Crippen molar-refractivity contribution in [2.45, 2.75) is 13.0 Å². The van der Waals surface area contributed by atoms with Crippen LogP contribution in [0.2, 0.25) is 0 Å². The van der Waals surface area contributed by atoms with Crippen molar-refractivity contribution in [2.24, 2.45) is 0 Å². The number of rotatable bonds is 7. The lowest BCUT2D eigenvalue weighted by molar-refractivity contribution is 0.0735. The van der Waals surface area contributed by atoms with Crippen molar-refractivity contribution >= 4 is 5.91 Å². The van der Waals surface area contributed by atoms with Gasteiger partial charge in [-0.25, -0.2) is 0 Å². The summed E-state index contributed by atoms with van der Waals surface area (Å²) in [5.41, 5.74) is 0.537. The van der Waals surface area contributed by atoms with E-state index in [0.29, 0.717) is 30.2 Å². The highest BCUT2D eigenvalue weighted by molar-refractivity contribution is 5.94. The second-order valence-corrected chi connectivity index (χ2v) is 5.65. The van der Waals surface area contributed by atoms with Crippen LogP contribution in [0.15, 0.2) is 77.4 Å². The normalized spacial score (nSPS) is 10.1. The molecule has 1 heterocycles. The Bertz CT molecular complexity index is 866. The minimum absolute atomic E-state index is 0.150. The van der Waals surface area contributed by atoms with Gasteiger partial charge in [-0.1, -0.05) is 18.2 Å². The summed E-state index contributed by atoms with van der Waals surface area (Å²) in [7, 11) is 0. The number of amides is 1. The summed E-state index contributed by atoms with van der Waals surface area (Å²) in [6, 6.07) is 22.1. The first kappa shape index (κ1) is 17.3. The molecule has 1 amide bonds. The maximum Gasteiger partial charge on any atom is 0.254 e. The first-order valence-electron chi connectivity index (χ1n) is 8.28. The Morgan fingerprint density at radius 2 is 1.73 bits per heavy atom. The van der Waals surface area contributed by atoms with Crippen molar-refractivity contribution in [1.82, 2.24) is 4.90 Å². The van der Waals surface area contributed by atoms with E-state index < -0.39 is 0 Å². The molecule has 0 aliphatic carbocycles. The number of ether oxygens (including phenoxy) is 1. The monoisotopic (exact) mass is 346 g/mol. The lowest BCUT2D eigenvalue weighted by Gasteiger charge is -2.20. The predicted octanol–water partition coefficient (Wildman–Crippen LogP) is 4.63. The zero-order valence-electron chi connectivity index (χ0n) is 14.2. The van der Waals surface area contributed by atoms with Crippen LogP contribution < -0.4 is 4.74 Å². The van der Waals surface area contributed by atoms with Gasteiger partial charge >= 0.3 is 0 Å². The van der Waals surface area contributed by atoms with Gasteiger partial charge in [0.1, 0.15) is 17.3 Å². The summed E-state index contributed by atoms with van der Waals surface area (Å²) in [4.78, 5) is 14.4. The molecule has 3 aromatic rings. The van der Waals surface area contributed by atoms with Crippen LogP contribution in [0.1, 0.15) is 22.5 Å². The highest BCUT2D eigenvalue weighted by atomic mass is 16.5. The van der Waals surface area contributed by atoms with Crippen LogP contribution in [0.4, 0.5) is 0 Å². The molecule has 0 N–H and O–H groups in total. The van der Waals surface area contributed by atoms with E-state index in [1.807, 2.05) is 36.4 Å². The standard InChI is InChI=1S/C21H18N2O3/c22-13-5-14-23(16-20-8-4-15-25-20)21(24)17-9-11-19(12-10-17)26-18-6-2-1-3-7-18/h1-4,6-12,15H,5,14,16H2. The number of nitrogens with zero attached hydrogens (tertiary/aromatic N) is 2. The molecule has 3 rings (SSSR count). The highest BCUT2D eigenvalue weighted by Crippen LogP contribution is 2.22. The van der Waals surface area contributed by atoms with Gasteiger partial charge in [-0.15, -0.1) is 0 Å². The average Bonchev–Trinajstić information content (AvgIpc) is 3.19. The van der Waals surface area contributed by atoms with Crippen molar-refractivity contribution in [3.63, 3.8) is 0 Å². The number of benzene rings is 2. The smallest absolute Gasteiger partial charge is 0.254 e. The topological polar surface area (TPSA) is 66.5 Å². The first-order chi connectivity index (χ1) is 12.8. The second kappa shape index (κ2) is 8.54. The molecular weight excluding hydrogens is 328 g/mol. The molecule has 5 nitrogen and oxygen atoms in total. The Morgan fingerprint density at radius 1 is 1.00 bits per heavy atom. The maximum atomic E-state index is 12.8. The fourth-order valence-corrected chi connectivity index (χ4v) is 2.50. The second-order valence-electron chi connectivity index (χ2n) is 5.65. The van der Waals surface area contributed by atoms with E-state index in [0.717, 1.165) is 5.75 Å². The molecule has 0 unspecified atom stereocenters. The van der Waals surface area contributed by atoms with Crippen LogP contribution in [0.25, 0.3) is 0 Å². The molecule has 5 heteroatoms. The van der Waals surface area contributed by atoms with Crippen molar-refractivity contribution in [3.8, 4) is 17.6 Å². The molecule has 0 radical (unpaired) electrons. The average molecular weight is 346 g/mol. The highest BCUT2D eigenvalue weighted by Gasteiger charge is 2.17. The summed E-state index contributed by atoms with van der Waals surface area (Å²) < 4.78 is 11.1. The number of hydrogen-bond donors (Lipinski definition) is 0. The van der Waals surface area contributed by atoms with Gasteiger partial charge in [-0.2, -0.15) is 5.26 Å². The summed E-state index contributed by atoms with van der Waals surface area (Å²) in [6.07, 6.45) is 1.83. The van der Waals surface area contributed by atoms with Gasteiger partial charge in [0, 0.05) is 12.1 Å². The van der Waals surface area contributed by atoms with Crippen molar-refractivity contribution in [1.29, 1.82) is 5.26 Å². The fourth-order valence-electron chi connectivity index (χ4n) is 2.50. The molecule has 0 atom stereocenters. The molecule has 2 aromatic carbocycles. The van der Waals surface area contributed by atoms with Crippen LogP contribution in [0, 0.1) is 11.3 Å². The quantitative estimate of drug-likeness (QED) is 0.626. The third-order valence-electron chi connectivity index (χ3n) is 3.79. The van der Waals surface area contributed by atoms with E-state index >= 15 is 0 Å². The van der Waals surface area contributed by atoms with E-state index in [4.69, 9.17) is 14.4 Å². The van der Waals surface area contributed by atoms with E-state index in [9.17, 15) is 4.79 Å². The van der Waals surface area contributed by atoms with E-state index in [2.05, 4.69) is 6.07 Å². The summed E-state index contributed by atoms with van der Waals surface area (Å²) >= 11 is 0. The summed E-state index contributed by atoms with van der Waals surface area (Å²) in [5, 5.41) is 8.84. The largest absolute Gasteiger partial charge is 0.467 e. The van der Waals surface area contributed by atoms with Gasteiger partial charge in [0.2, 0.25) is 0 Å². The maximum absolute atomic E-state index is 12.8. The molecule has 26 heavy (non-hydrogen) atoms. The van der Waals surface area contributed by atoms with Crippen LogP contribution in [0.3, 0.4) is 0 Å². The molecule has 0 fully saturated rings. The molecule has 0 aliphatic heterocycles. The molecular formula is C21H18N2O3. The molecule has 0 spiro atoms. The Balaban J connectivity index is 1.71. The molecule has 0 aliphatic rings. The Hall–Kier alpha value is -3.52. The number of carbonyl (C=O) groups is 1. The third kappa shape index (κ3) is 4.52. The van der Waals surface area contributed by atoms with Gasteiger partial charge in [-0.05, 0) is 48.5 Å². The summed E-state index contributed by atoms with van der Waals surface area (Å²) in [5.74, 6) is 1.92. The van der Waals surface area contributed by atoms with Crippen molar-refractivity contribution in [2.75, 3.05) is 6.54 Å². The van der Waals surface area contributed by atoms with Crippen LogP contribution in [0.5, 0.6) is 11.5 Å². The lowest BCUT2D eigenvalue weighted by atomic mass is 10.1. The van der Waals surface area contributed by atoms with Gasteiger partial charge in [0.15, 0.2) is 0 Å². The number of furan rings is 1. The first-order valence-corrected chi connectivity index (χ1v) is 8.28. The minimum atomic E-state index is -0.150. The Kier molecular flexibility index (Phi) is 5.69. The van der Waals surface area contributed by atoms with E-state index in [1.165, 1.54) is 0 Å². The molecule has 130 valence electrons. The molecule has 0 saturated heterocycles. The zero-order chi connectivity index (χ0) is 18.2. The van der Waals surface area contributed by atoms with Crippen molar-refractivity contribution < 1.29 is 13.9 Å². The van der Waals surface area contributed by atoms with Crippen LogP contribution in [-0.4, -0.2) is 17.4 Å². The van der Waals surface area contributed by atoms with Crippen LogP contribution >= 0.6 is 0 Å². The minimum Gasteiger partial charge on any atom is -0.467 e. The Labute approximate surface area is 152 Å². The number of nitriles is 1. The van der Waals surface area contributed by atoms with Gasteiger partial charge in [0.05, 0.1) is 25.3 Å². The zero-order valence-corrected chi connectivity index (χ0v) is 14.2. The van der Waals surface area contributed by atoms with E-state index in [1.54, 1.807) is 41.5 Å². The summed E-state index contributed by atoms with van der Waals surface area (Å²) in [6.45, 7) is 0.675. The van der Waals surface area contributed by atoms with E-state index in [-0.39, 0.29) is 12.3 Å². The van der Waals surface area contributed by atoms with Gasteiger partial charge in [0.25, 0.3) is 5.91 Å². The molecule has 1 aromatic heterocycles. The van der Waals surface area contributed by atoms with Gasteiger partial charge in [-0.3, -0.25) is 4.79 Å². The SMILES string of the molecule is N#CCCN(Cc1ccco1)C(=O)c1ccc(Oc2ccccc2)cc1. The number of hydrogen-bond acceptors (Lipinski definition) is 4. The third-order valence-corrected chi connectivity index (χ3v) is 3.79. The molecule has 0 saturated carbocycles. The van der Waals surface area contributed by atoms with Crippen molar-refractivity contribution in [3.05, 3.63) is 84.3 Å². The predicted molar refractivity (Wildman–Crippen MR) is 96.6 cm³/mol. The number of para-hydroxylation sites is 1. The fraction of sp³-hybridized carbons (Fsp3) is 0.143. The van der Waals surface area contributed by atoms with Crippen LogP contribution in [-0.2, 0) is 6.54 Å².